The van der Waals surface area contributed by atoms with Gasteiger partial charge in [-0.25, -0.2) is 0 Å². The van der Waals surface area contributed by atoms with Crippen LogP contribution in [0.4, 0.5) is 0 Å². The van der Waals surface area contributed by atoms with Crippen molar-refractivity contribution in [2.24, 2.45) is 11.7 Å². The van der Waals surface area contributed by atoms with Crippen molar-refractivity contribution in [3.63, 3.8) is 0 Å². The van der Waals surface area contributed by atoms with E-state index in [2.05, 4.69) is 10.3 Å². The van der Waals surface area contributed by atoms with Gasteiger partial charge in [-0.15, -0.1) is 24.8 Å². The van der Waals surface area contributed by atoms with E-state index < -0.39 is 0 Å². The SMILES string of the molecule is Cc1cccnc1CNC(=O)CC1CCCCC1N.Cl.Cl. The Kier molecular flexibility index (Phi) is 9.58. The second-order valence-corrected chi connectivity index (χ2v) is 5.46. The van der Waals surface area contributed by atoms with Crippen LogP contribution in [0.2, 0.25) is 0 Å². The standard InChI is InChI=1S/C15H23N3O.2ClH/c1-11-5-4-8-17-14(11)10-18-15(19)9-12-6-2-3-7-13(12)16;;/h4-5,8,12-13H,2-3,6-7,9-10,16H2,1H3,(H,18,19);2*1H. The van der Waals surface area contributed by atoms with Crippen molar-refractivity contribution in [2.75, 3.05) is 0 Å². The highest BCUT2D eigenvalue weighted by molar-refractivity contribution is 5.85. The Morgan fingerprint density at radius 2 is 2.10 bits per heavy atom. The minimum Gasteiger partial charge on any atom is -0.350 e. The molecule has 21 heavy (non-hydrogen) atoms. The topological polar surface area (TPSA) is 68.0 Å². The van der Waals surface area contributed by atoms with E-state index in [4.69, 9.17) is 5.73 Å². The van der Waals surface area contributed by atoms with Gasteiger partial charge < -0.3 is 11.1 Å². The molecular weight excluding hydrogens is 309 g/mol. The number of aryl methyl sites for hydroxylation is 1. The molecule has 0 aliphatic heterocycles. The van der Waals surface area contributed by atoms with Gasteiger partial charge in [0.25, 0.3) is 0 Å². The lowest BCUT2D eigenvalue weighted by molar-refractivity contribution is -0.122. The van der Waals surface area contributed by atoms with Gasteiger partial charge in [0.2, 0.25) is 5.91 Å². The summed E-state index contributed by atoms with van der Waals surface area (Å²) in [5, 5.41) is 2.95. The molecule has 1 heterocycles. The highest BCUT2D eigenvalue weighted by Gasteiger charge is 2.23. The number of nitrogens with zero attached hydrogens (tertiary/aromatic N) is 1. The average molecular weight is 334 g/mol. The van der Waals surface area contributed by atoms with Crippen LogP contribution in [0.15, 0.2) is 18.3 Å². The van der Waals surface area contributed by atoms with Crippen LogP contribution >= 0.6 is 24.8 Å². The van der Waals surface area contributed by atoms with Crippen molar-refractivity contribution in [2.45, 2.75) is 51.6 Å². The van der Waals surface area contributed by atoms with Gasteiger partial charge in [-0.1, -0.05) is 18.9 Å². The van der Waals surface area contributed by atoms with E-state index >= 15 is 0 Å². The molecule has 1 amide bonds. The number of amides is 1. The molecule has 4 nitrogen and oxygen atoms in total. The third-order valence-corrected chi connectivity index (χ3v) is 3.99. The lowest BCUT2D eigenvalue weighted by atomic mass is 9.83. The monoisotopic (exact) mass is 333 g/mol. The van der Waals surface area contributed by atoms with E-state index in [0.717, 1.165) is 24.1 Å². The quantitative estimate of drug-likeness (QED) is 0.890. The van der Waals surface area contributed by atoms with E-state index in [1.807, 2.05) is 19.1 Å². The maximum absolute atomic E-state index is 11.9. The van der Waals surface area contributed by atoms with Gasteiger partial charge in [-0.2, -0.15) is 0 Å². The smallest absolute Gasteiger partial charge is 0.220 e. The highest BCUT2D eigenvalue weighted by Crippen LogP contribution is 2.25. The summed E-state index contributed by atoms with van der Waals surface area (Å²) in [6.45, 7) is 2.51. The predicted octanol–water partition coefficient (Wildman–Crippen LogP) is 2.76. The molecule has 0 aromatic carbocycles. The molecular formula is C15H25Cl2N3O. The Labute approximate surface area is 139 Å². The molecule has 0 saturated heterocycles. The zero-order chi connectivity index (χ0) is 13.7. The molecule has 2 atom stereocenters. The van der Waals surface area contributed by atoms with Gasteiger partial charge in [0.1, 0.15) is 0 Å². The third-order valence-electron chi connectivity index (χ3n) is 3.99. The van der Waals surface area contributed by atoms with E-state index in [9.17, 15) is 4.79 Å². The number of halogens is 2. The average Bonchev–Trinajstić information content (AvgIpc) is 2.40. The zero-order valence-corrected chi connectivity index (χ0v) is 14.0. The van der Waals surface area contributed by atoms with Gasteiger partial charge in [0.05, 0.1) is 12.2 Å². The first-order chi connectivity index (χ1) is 9.16. The highest BCUT2D eigenvalue weighted by atomic mass is 35.5. The number of nitrogens with one attached hydrogen (secondary N) is 1. The van der Waals surface area contributed by atoms with E-state index in [1.165, 1.54) is 12.8 Å². The van der Waals surface area contributed by atoms with E-state index in [0.29, 0.717) is 18.9 Å². The number of hydrogen-bond acceptors (Lipinski definition) is 3. The number of pyridine rings is 1. The third kappa shape index (κ3) is 6.20. The first-order valence-corrected chi connectivity index (χ1v) is 7.09. The van der Waals surface area contributed by atoms with Crippen LogP contribution in [0.25, 0.3) is 0 Å². The van der Waals surface area contributed by atoms with Crippen LogP contribution in [0.1, 0.15) is 43.4 Å². The van der Waals surface area contributed by atoms with Crippen LogP contribution in [-0.2, 0) is 11.3 Å². The summed E-state index contributed by atoms with van der Waals surface area (Å²) in [4.78, 5) is 16.2. The number of aromatic nitrogens is 1. The Bertz CT molecular complexity index is 443. The normalized spacial score (nSPS) is 20.9. The van der Waals surface area contributed by atoms with Gasteiger partial charge in [-0.05, 0) is 37.3 Å². The molecule has 1 saturated carbocycles. The number of rotatable bonds is 4. The van der Waals surface area contributed by atoms with Crippen LogP contribution < -0.4 is 11.1 Å². The Morgan fingerprint density at radius 3 is 2.76 bits per heavy atom. The minimum absolute atomic E-state index is 0. The Hall–Kier alpha value is -0.840. The lowest BCUT2D eigenvalue weighted by Crippen LogP contribution is -2.37. The van der Waals surface area contributed by atoms with Crippen LogP contribution in [0, 0.1) is 12.8 Å². The largest absolute Gasteiger partial charge is 0.350 e. The zero-order valence-electron chi connectivity index (χ0n) is 12.4. The molecule has 2 rings (SSSR count). The van der Waals surface area contributed by atoms with Crippen molar-refractivity contribution in [1.29, 1.82) is 0 Å². The summed E-state index contributed by atoms with van der Waals surface area (Å²) in [5.74, 6) is 0.436. The Morgan fingerprint density at radius 1 is 1.38 bits per heavy atom. The number of hydrogen-bond donors (Lipinski definition) is 2. The number of carbonyl (C=O) groups excluding carboxylic acids is 1. The molecule has 0 radical (unpaired) electrons. The molecule has 1 aromatic rings. The minimum atomic E-state index is 0. The fourth-order valence-corrected chi connectivity index (χ4v) is 2.69. The fraction of sp³-hybridized carbons (Fsp3) is 0.600. The first-order valence-electron chi connectivity index (χ1n) is 7.09. The van der Waals surface area contributed by atoms with E-state index in [-0.39, 0.29) is 36.8 Å². The van der Waals surface area contributed by atoms with Crippen molar-refractivity contribution < 1.29 is 4.79 Å². The molecule has 1 aliphatic rings. The first kappa shape index (κ1) is 20.2. The number of nitrogens with two attached hydrogens (primary N) is 1. The van der Waals surface area contributed by atoms with Crippen LogP contribution in [0.3, 0.4) is 0 Å². The predicted molar refractivity (Wildman–Crippen MR) is 89.9 cm³/mol. The summed E-state index contributed by atoms with van der Waals surface area (Å²) >= 11 is 0. The summed E-state index contributed by atoms with van der Waals surface area (Å²) < 4.78 is 0. The van der Waals surface area contributed by atoms with Gasteiger partial charge in [0, 0.05) is 18.7 Å². The second kappa shape index (κ2) is 9.98. The summed E-state index contributed by atoms with van der Waals surface area (Å²) in [7, 11) is 0. The molecule has 0 spiro atoms. The van der Waals surface area contributed by atoms with Crippen LogP contribution in [-0.4, -0.2) is 16.9 Å². The van der Waals surface area contributed by atoms with Crippen LogP contribution in [0.5, 0.6) is 0 Å². The van der Waals surface area contributed by atoms with Gasteiger partial charge in [-0.3, -0.25) is 9.78 Å². The van der Waals surface area contributed by atoms with Crippen molar-refractivity contribution >= 4 is 30.7 Å². The lowest BCUT2D eigenvalue weighted by Gasteiger charge is -2.27. The van der Waals surface area contributed by atoms with Crippen molar-refractivity contribution in [1.82, 2.24) is 10.3 Å². The van der Waals surface area contributed by atoms with Gasteiger partial charge >= 0.3 is 0 Å². The molecule has 120 valence electrons. The Balaban J connectivity index is 0.00000200. The van der Waals surface area contributed by atoms with E-state index in [1.54, 1.807) is 6.20 Å². The summed E-state index contributed by atoms with van der Waals surface area (Å²) in [6, 6.07) is 4.10. The molecule has 1 aliphatic carbocycles. The molecule has 1 aromatic heterocycles. The number of carbonyl (C=O) groups is 1. The summed E-state index contributed by atoms with van der Waals surface area (Å²) in [6.07, 6.45) is 6.84. The maximum atomic E-state index is 11.9. The molecule has 3 N–H and O–H groups in total. The molecule has 6 heteroatoms. The van der Waals surface area contributed by atoms with Gasteiger partial charge in [0.15, 0.2) is 0 Å². The molecule has 2 unspecified atom stereocenters. The summed E-state index contributed by atoms with van der Waals surface area (Å²) in [5.41, 5.74) is 8.11. The molecule has 0 bridgehead atoms. The maximum Gasteiger partial charge on any atom is 0.220 e. The van der Waals surface area contributed by atoms with Crippen molar-refractivity contribution in [3.05, 3.63) is 29.6 Å². The fourth-order valence-electron chi connectivity index (χ4n) is 2.69. The van der Waals surface area contributed by atoms with Crippen molar-refractivity contribution in [3.8, 4) is 0 Å². The molecule has 1 fully saturated rings. The second-order valence-electron chi connectivity index (χ2n) is 5.46.